The molecule has 1 N–H and O–H groups in total. The monoisotopic (exact) mass is 405 g/mol. The Balaban J connectivity index is 3.08. The maximum Gasteiger partial charge on any atom is 0.242 e. The quantitative estimate of drug-likeness (QED) is 0.567. The SMILES string of the molecule is CC(C)CC(CBr)NS(=O)(=O)c1ccc(Cl)c(F)c1Cl. The average molecular weight is 407 g/mol. The second kappa shape index (κ2) is 7.40. The molecule has 1 aromatic rings. The molecule has 0 aliphatic heterocycles. The molecule has 0 bridgehead atoms. The van der Waals surface area contributed by atoms with Gasteiger partial charge in [-0.3, -0.25) is 0 Å². The summed E-state index contributed by atoms with van der Waals surface area (Å²) < 4.78 is 40.6. The van der Waals surface area contributed by atoms with Gasteiger partial charge < -0.3 is 0 Å². The van der Waals surface area contributed by atoms with Crippen LogP contribution in [0.5, 0.6) is 0 Å². The van der Waals surface area contributed by atoms with Gasteiger partial charge in [0.15, 0.2) is 5.82 Å². The van der Waals surface area contributed by atoms with Gasteiger partial charge in [0.1, 0.15) is 4.90 Å². The van der Waals surface area contributed by atoms with E-state index in [1.165, 1.54) is 12.1 Å². The smallest absolute Gasteiger partial charge is 0.207 e. The standard InChI is InChI=1S/C12H15BrCl2FNO2S/c1-7(2)5-8(6-13)17-20(18,19)10-4-3-9(14)12(16)11(10)15/h3-4,7-8,17H,5-6H2,1-2H3. The fraction of sp³-hybridized carbons (Fsp3) is 0.500. The van der Waals surface area contributed by atoms with E-state index >= 15 is 0 Å². The summed E-state index contributed by atoms with van der Waals surface area (Å²) in [6.45, 7) is 3.97. The van der Waals surface area contributed by atoms with Crippen molar-refractivity contribution < 1.29 is 12.8 Å². The Morgan fingerprint density at radius 2 is 1.95 bits per heavy atom. The van der Waals surface area contributed by atoms with Gasteiger partial charge >= 0.3 is 0 Å². The van der Waals surface area contributed by atoms with E-state index in [1.54, 1.807) is 0 Å². The van der Waals surface area contributed by atoms with Gasteiger partial charge in [0.2, 0.25) is 10.0 Å². The lowest BCUT2D eigenvalue weighted by molar-refractivity contribution is 0.488. The predicted molar refractivity (Wildman–Crippen MR) is 83.8 cm³/mol. The maximum absolute atomic E-state index is 13.6. The highest BCUT2D eigenvalue weighted by Gasteiger charge is 2.25. The summed E-state index contributed by atoms with van der Waals surface area (Å²) in [6, 6.07) is 2.06. The number of sulfonamides is 1. The second-order valence-corrected chi connectivity index (χ2v) is 7.89. The van der Waals surface area contributed by atoms with Crippen molar-refractivity contribution in [1.82, 2.24) is 4.72 Å². The van der Waals surface area contributed by atoms with Crippen molar-refractivity contribution in [1.29, 1.82) is 0 Å². The first-order chi connectivity index (χ1) is 9.19. The Morgan fingerprint density at radius 1 is 1.35 bits per heavy atom. The van der Waals surface area contributed by atoms with Crippen LogP contribution in [0.3, 0.4) is 0 Å². The molecule has 0 radical (unpaired) electrons. The molecule has 0 aliphatic rings. The van der Waals surface area contributed by atoms with E-state index in [9.17, 15) is 12.8 Å². The van der Waals surface area contributed by atoms with E-state index in [1.807, 2.05) is 13.8 Å². The number of nitrogens with one attached hydrogen (secondary N) is 1. The zero-order valence-electron chi connectivity index (χ0n) is 11.0. The van der Waals surface area contributed by atoms with Crippen molar-refractivity contribution in [2.24, 2.45) is 5.92 Å². The Bertz CT molecular complexity index is 581. The summed E-state index contributed by atoms with van der Waals surface area (Å²) in [5.41, 5.74) is 0. The van der Waals surface area contributed by atoms with Crippen molar-refractivity contribution in [3.05, 3.63) is 28.0 Å². The Morgan fingerprint density at radius 3 is 2.45 bits per heavy atom. The molecule has 1 rings (SSSR count). The summed E-state index contributed by atoms with van der Waals surface area (Å²) in [6.07, 6.45) is 0.651. The largest absolute Gasteiger partial charge is 0.242 e. The summed E-state index contributed by atoms with van der Waals surface area (Å²) in [5, 5.41) is -0.256. The molecule has 0 amide bonds. The van der Waals surface area contributed by atoms with Gasteiger partial charge in [-0.05, 0) is 24.5 Å². The molecule has 8 heteroatoms. The van der Waals surface area contributed by atoms with Crippen molar-refractivity contribution >= 4 is 49.2 Å². The van der Waals surface area contributed by atoms with Crippen molar-refractivity contribution in [3.8, 4) is 0 Å². The zero-order valence-corrected chi connectivity index (χ0v) is 14.9. The lowest BCUT2D eigenvalue weighted by Crippen LogP contribution is -2.37. The van der Waals surface area contributed by atoms with Crippen LogP contribution in [0.1, 0.15) is 20.3 Å². The molecule has 0 saturated heterocycles. The lowest BCUT2D eigenvalue weighted by Gasteiger charge is -2.19. The van der Waals surface area contributed by atoms with E-state index in [0.717, 1.165) is 0 Å². The number of rotatable bonds is 6. The highest BCUT2D eigenvalue weighted by atomic mass is 79.9. The molecule has 0 aromatic heterocycles. The highest BCUT2D eigenvalue weighted by molar-refractivity contribution is 9.09. The summed E-state index contributed by atoms with van der Waals surface area (Å²) in [5.74, 6) is -0.617. The van der Waals surface area contributed by atoms with Crippen molar-refractivity contribution in [2.75, 3.05) is 5.33 Å². The van der Waals surface area contributed by atoms with Gasteiger partial charge in [-0.15, -0.1) is 0 Å². The van der Waals surface area contributed by atoms with Crippen LogP contribution in [-0.2, 0) is 10.0 Å². The summed E-state index contributed by atoms with van der Waals surface area (Å²) >= 11 is 14.5. The Labute approximate surface area is 137 Å². The zero-order chi connectivity index (χ0) is 15.5. The van der Waals surface area contributed by atoms with Gasteiger partial charge in [-0.25, -0.2) is 17.5 Å². The van der Waals surface area contributed by atoms with E-state index in [2.05, 4.69) is 20.7 Å². The summed E-state index contributed by atoms with van der Waals surface area (Å²) in [4.78, 5) is -0.309. The van der Waals surface area contributed by atoms with E-state index < -0.39 is 20.9 Å². The molecule has 0 fully saturated rings. The molecule has 1 atom stereocenters. The molecule has 114 valence electrons. The number of alkyl halides is 1. The Kier molecular flexibility index (Phi) is 6.73. The van der Waals surface area contributed by atoms with Crippen molar-refractivity contribution in [2.45, 2.75) is 31.2 Å². The normalized spacial score (nSPS) is 13.8. The van der Waals surface area contributed by atoms with E-state index in [4.69, 9.17) is 23.2 Å². The molecule has 0 saturated carbocycles. The third-order valence-corrected chi connectivity index (χ3v) is 5.67. The van der Waals surface area contributed by atoms with Crippen LogP contribution < -0.4 is 4.72 Å². The van der Waals surface area contributed by atoms with Gasteiger partial charge in [0.25, 0.3) is 0 Å². The number of hydrogen-bond donors (Lipinski definition) is 1. The topological polar surface area (TPSA) is 46.2 Å². The predicted octanol–water partition coefficient (Wildman–Crippen LogP) is 4.22. The van der Waals surface area contributed by atoms with Crippen LogP contribution in [0.4, 0.5) is 4.39 Å². The minimum Gasteiger partial charge on any atom is -0.207 e. The van der Waals surface area contributed by atoms with Gasteiger partial charge in [-0.2, -0.15) is 0 Å². The third kappa shape index (κ3) is 4.56. The maximum atomic E-state index is 13.6. The van der Waals surface area contributed by atoms with Crippen LogP contribution in [0.2, 0.25) is 10.0 Å². The van der Waals surface area contributed by atoms with Gasteiger partial charge in [0, 0.05) is 11.4 Å². The van der Waals surface area contributed by atoms with Crippen molar-refractivity contribution in [3.63, 3.8) is 0 Å². The molecule has 20 heavy (non-hydrogen) atoms. The average Bonchev–Trinajstić information content (AvgIpc) is 2.33. The van der Waals surface area contributed by atoms with Crippen LogP contribution in [0.15, 0.2) is 17.0 Å². The first-order valence-corrected chi connectivity index (χ1v) is 9.27. The lowest BCUT2D eigenvalue weighted by atomic mass is 10.1. The van der Waals surface area contributed by atoms with Gasteiger partial charge in [-0.1, -0.05) is 53.0 Å². The van der Waals surface area contributed by atoms with E-state index in [0.29, 0.717) is 17.7 Å². The fourth-order valence-corrected chi connectivity index (χ4v) is 4.34. The number of benzene rings is 1. The molecule has 3 nitrogen and oxygen atoms in total. The molecule has 1 unspecified atom stereocenters. The fourth-order valence-electron chi connectivity index (χ4n) is 1.71. The van der Waals surface area contributed by atoms with Gasteiger partial charge in [0.05, 0.1) is 10.0 Å². The first-order valence-electron chi connectivity index (χ1n) is 5.90. The van der Waals surface area contributed by atoms with Crippen LogP contribution in [0, 0.1) is 11.7 Å². The van der Waals surface area contributed by atoms with Crippen LogP contribution in [-0.4, -0.2) is 19.8 Å². The van der Waals surface area contributed by atoms with E-state index in [-0.39, 0.29) is 16.0 Å². The minimum atomic E-state index is -3.90. The summed E-state index contributed by atoms with van der Waals surface area (Å²) in [7, 11) is -3.90. The van der Waals surface area contributed by atoms with Crippen LogP contribution >= 0.6 is 39.1 Å². The molecular formula is C12H15BrCl2FNO2S. The third-order valence-electron chi connectivity index (χ3n) is 2.55. The highest BCUT2D eigenvalue weighted by Crippen LogP contribution is 2.29. The second-order valence-electron chi connectivity index (χ2n) is 4.78. The number of hydrogen-bond acceptors (Lipinski definition) is 2. The molecular weight excluding hydrogens is 392 g/mol. The molecule has 1 aromatic carbocycles. The molecule has 0 heterocycles. The molecule has 0 aliphatic carbocycles. The molecule has 0 spiro atoms. The van der Waals surface area contributed by atoms with Crippen LogP contribution in [0.25, 0.3) is 0 Å². The number of halogens is 4. The Hall–Kier alpha value is 0.120. The first kappa shape index (κ1) is 18.2. The minimum absolute atomic E-state index is 0.215.